The molecule has 5 nitrogen and oxygen atoms in total. The molecule has 0 bridgehead atoms. The lowest BCUT2D eigenvalue weighted by atomic mass is 9.97. The molecular weight excluding hydrogens is 332 g/mol. The molecule has 0 saturated heterocycles. The lowest BCUT2D eigenvalue weighted by molar-refractivity contribution is -0.141. The minimum absolute atomic E-state index is 0.0551. The maximum absolute atomic E-state index is 12.4. The summed E-state index contributed by atoms with van der Waals surface area (Å²) in [5.74, 6) is 0.471. The Morgan fingerprint density at radius 1 is 0.885 bits per heavy atom. The highest BCUT2D eigenvalue weighted by Gasteiger charge is 2.16. The van der Waals surface area contributed by atoms with Crippen molar-refractivity contribution in [3.8, 4) is 11.5 Å². The first kappa shape index (κ1) is 19.5. The number of methoxy groups -OCH3 is 2. The smallest absolute Gasteiger partial charge is 0.310 e. The molecule has 26 heavy (non-hydrogen) atoms. The maximum Gasteiger partial charge on any atom is 0.310 e. The molecule has 2 aromatic rings. The van der Waals surface area contributed by atoms with Crippen LogP contribution in [0.25, 0.3) is 0 Å². The summed E-state index contributed by atoms with van der Waals surface area (Å²) in [5.41, 5.74) is 4.23. The Morgan fingerprint density at radius 2 is 1.50 bits per heavy atom. The van der Waals surface area contributed by atoms with E-state index in [1.807, 2.05) is 32.9 Å². The van der Waals surface area contributed by atoms with E-state index in [2.05, 4.69) is 0 Å². The zero-order valence-corrected chi connectivity index (χ0v) is 15.8. The Labute approximate surface area is 153 Å². The van der Waals surface area contributed by atoms with Gasteiger partial charge in [0.15, 0.2) is 18.1 Å². The van der Waals surface area contributed by atoms with E-state index in [9.17, 15) is 9.59 Å². The Hall–Kier alpha value is -2.82. The fraction of sp³-hybridized carbons (Fsp3) is 0.333. The number of rotatable bonds is 7. The molecule has 0 unspecified atom stereocenters. The van der Waals surface area contributed by atoms with E-state index in [1.165, 1.54) is 7.11 Å². The van der Waals surface area contributed by atoms with Crippen molar-refractivity contribution in [1.82, 2.24) is 0 Å². The van der Waals surface area contributed by atoms with Crippen molar-refractivity contribution < 1.29 is 23.8 Å². The number of hydrogen-bond acceptors (Lipinski definition) is 5. The standard InChI is InChI=1S/C21H24O5/c1-13-8-14(2)21(15(3)9-13)17(22)12-26-20(23)11-16-6-7-18(24-4)19(10-16)25-5/h6-10H,11-12H2,1-5H3. The number of hydrogen-bond donors (Lipinski definition) is 0. The lowest BCUT2D eigenvalue weighted by Crippen LogP contribution is -2.17. The minimum atomic E-state index is -0.465. The fourth-order valence-corrected chi connectivity index (χ4v) is 3.05. The van der Waals surface area contributed by atoms with E-state index in [-0.39, 0.29) is 18.8 Å². The van der Waals surface area contributed by atoms with Crippen LogP contribution in [0.1, 0.15) is 32.6 Å². The minimum Gasteiger partial charge on any atom is -0.493 e. The van der Waals surface area contributed by atoms with Gasteiger partial charge in [0.2, 0.25) is 5.78 Å². The molecule has 0 aliphatic carbocycles. The topological polar surface area (TPSA) is 61.8 Å². The first-order valence-electron chi connectivity index (χ1n) is 8.33. The van der Waals surface area contributed by atoms with Crippen LogP contribution in [-0.2, 0) is 16.0 Å². The third kappa shape index (κ3) is 4.63. The van der Waals surface area contributed by atoms with Crippen molar-refractivity contribution in [1.29, 1.82) is 0 Å². The molecule has 5 heteroatoms. The summed E-state index contributed by atoms with van der Waals surface area (Å²) >= 11 is 0. The van der Waals surface area contributed by atoms with Crippen molar-refractivity contribution in [2.75, 3.05) is 20.8 Å². The Bertz CT molecular complexity index is 800. The summed E-state index contributed by atoms with van der Waals surface area (Å²) in [7, 11) is 3.08. The van der Waals surface area contributed by atoms with E-state index >= 15 is 0 Å². The number of benzene rings is 2. The van der Waals surface area contributed by atoms with Gasteiger partial charge in [-0.2, -0.15) is 0 Å². The van der Waals surface area contributed by atoms with Crippen LogP contribution in [-0.4, -0.2) is 32.6 Å². The highest BCUT2D eigenvalue weighted by molar-refractivity contribution is 6.00. The zero-order chi connectivity index (χ0) is 19.3. The van der Waals surface area contributed by atoms with Crippen molar-refractivity contribution in [3.05, 3.63) is 58.1 Å². The third-order valence-electron chi connectivity index (χ3n) is 4.12. The summed E-state index contributed by atoms with van der Waals surface area (Å²) in [6.07, 6.45) is 0.0551. The lowest BCUT2D eigenvalue weighted by Gasteiger charge is -2.11. The molecule has 0 saturated carbocycles. The van der Waals surface area contributed by atoms with Gasteiger partial charge in [-0.05, 0) is 49.6 Å². The van der Waals surface area contributed by atoms with Crippen molar-refractivity contribution in [3.63, 3.8) is 0 Å². The Balaban J connectivity index is 2.00. The molecular formula is C21H24O5. The molecule has 0 radical (unpaired) electrons. The first-order valence-corrected chi connectivity index (χ1v) is 8.33. The van der Waals surface area contributed by atoms with E-state index in [0.717, 1.165) is 22.3 Å². The van der Waals surface area contributed by atoms with Crippen LogP contribution >= 0.6 is 0 Å². The number of Topliss-reactive ketones (excluding diaryl/α,β-unsaturated/α-hetero) is 1. The Kier molecular flexibility index (Phi) is 6.39. The second-order valence-corrected chi connectivity index (χ2v) is 6.22. The summed E-state index contributed by atoms with van der Waals surface area (Å²) < 4.78 is 15.6. The van der Waals surface area contributed by atoms with Gasteiger partial charge in [-0.15, -0.1) is 0 Å². The average Bonchev–Trinajstić information content (AvgIpc) is 2.59. The summed E-state index contributed by atoms with van der Waals surface area (Å²) in [5, 5.41) is 0. The van der Waals surface area contributed by atoms with Crippen molar-refractivity contribution >= 4 is 11.8 Å². The SMILES string of the molecule is COc1ccc(CC(=O)OCC(=O)c2c(C)cc(C)cc2C)cc1OC. The molecule has 0 fully saturated rings. The second-order valence-electron chi connectivity index (χ2n) is 6.22. The molecule has 138 valence electrons. The van der Waals surface area contributed by atoms with Gasteiger partial charge in [0, 0.05) is 5.56 Å². The fourth-order valence-electron chi connectivity index (χ4n) is 3.05. The Morgan fingerprint density at radius 3 is 2.08 bits per heavy atom. The van der Waals surface area contributed by atoms with Gasteiger partial charge in [-0.25, -0.2) is 0 Å². The van der Waals surface area contributed by atoms with Gasteiger partial charge in [-0.3, -0.25) is 9.59 Å². The van der Waals surface area contributed by atoms with E-state index < -0.39 is 5.97 Å². The first-order chi connectivity index (χ1) is 12.3. The third-order valence-corrected chi connectivity index (χ3v) is 4.12. The molecule has 2 aromatic carbocycles. The summed E-state index contributed by atoms with van der Waals surface area (Å²) in [6.45, 7) is 5.49. The van der Waals surface area contributed by atoms with E-state index in [0.29, 0.717) is 17.1 Å². The molecule has 0 aromatic heterocycles. The van der Waals surface area contributed by atoms with Gasteiger partial charge in [0.25, 0.3) is 0 Å². The van der Waals surface area contributed by atoms with Crippen LogP contribution < -0.4 is 9.47 Å². The zero-order valence-electron chi connectivity index (χ0n) is 15.8. The van der Waals surface area contributed by atoms with Crippen LogP contribution in [0.4, 0.5) is 0 Å². The number of ether oxygens (including phenoxy) is 3. The number of carbonyl (C=O) groups is 2. The normalized spacial score (nSPS) is 10.3. The summed E-state index contributed by atoms with van der Waals surface area (Å²) in [6, 6.07) is 9.11. The van der Waals surface area contributed by atoms with Crippen LogP contribution in [0.2, 0.25) is 0 Å². The molecule has 0 N–H and O–H groups in total. The molecule has 0 amide bonds. The average molecular weight is 356 g/mol. The van der Waals surface area contributed by atoms with Crippen LogP contribution in [0.3, 0.4) is 0 Å². The van der Waals surface area contributed by atoms with Gasteiger partial charge >= 0.3 is 5.97 Å². The molecule has 0 atom stereocenters. The number of esters is 1. The highest BCUT2D eigenvalue weighted by Crippen LogP contribution is 2.27. The van der Waals surface area contributed by atoms with Gasteiger partial charge in [0.1, 0.15) is 0 Å². The molecule has 0 aliphatic heterocycles. The number of aryl methyl sites for hydroxylation is 3. The van der Waals surface area contributed by atoms with Crippen molar-refractivity contribution in [2.24, 2.45) is 0 Å². The second kappa shape index (κ2) is 8.52. The molecule has 2 rings (SSSR count). The van der Waals surface area contributed by atoms with E-state index in [1.54, 1.807) is 25.3 Å². The number of ketones is 1. The monoisotopic (exact) mass is 356 g/mol. The predicted octanol–water partition coefficient (Wildman–Crippen LogP) is 3.60. The van der Waals surface area contributed by atoms with Crippen LogP contribution in [0.5, 0.6) is 11.5 Å². The van der Waals surface area contributed by atoms with Crippen LogP contribution in [0, 0.1) is 20.8 Å². The predicted molar refractivity (Wildman–Crippen MR) is 99.2 cm³/mol. The molecule has 0 aliphatic rings. The highest BCUT2D eigenvalue weighted by atomic mass is 16.5. The largest absolute Gasteiger partial charge is 0.493 e. The van der Waals surface area contributed by atoms with E-state index in [4.69, 9.17) is 14.2 Å². The molecule has 0 spiro atoms. The van der Waals surface area contributed by atoms with Gasteiger partial charge in [-0.1, -0.05) is 23.8 Å². The van der Waals surface area contributed by atoms with Crippen molar-refractivity contribution in [2.45, 2.75) is 27.2 Å². The van der Waals surface area contributed by atoms with Gasteiger partial charge < -0.3 is 14.2 Å². The van der Waals surface area contributed by atoms with Gasteiger partial charge in [0.05, 0.1) is 20.6 Å². The van der Waals surface area contributed by atoms with Crippen LogP contribution in [0.15, 0.2) is 30.3 Å². The maximum atomic E-state index is 12.4. The summed E-state index contributed by atoms with van der Waals surface area (Å²) in [4.78, 5) is 24.5. The quantitative estimate of drug-likeness (QED) is 0.560. The number of carbonyl (C=O) groups excluding carboxylic acids is 2. The molecule has 0 heterocycles.